The molecule has 7 heteroatoms. The molecule has 0 aliphatic carbocycles. The van der Waals surface area contributed by atoms with Crippen molar-refractivity contribution in [1.29, 1.82) is 0 Å². The first-order valence-corrected chi connectivity index (χ1v) is 7.87. The van der Waals surface area contributed by atoms with Gasteiger partial charge in [0.15, 0.2) is 0 Å². The van der Waals surface area contributed by atoms with Gasteiger partial charge in [0, 0.05) is 13.2 Å². The van der Waals surface area contributed by atoms with Crippen LogP contribution in [0.25, 0.3) is 0 Å². The first-order valence-electron chi connectivity index (χ1n) is 7.87. The van der Waals surface area contributed by atoms with Crippen molar-refractivity contribution in [3.8, 4) is 11.5 Å². The maximum Gasteiger partial charge on any atom is 0.271 e. The number of carbonyl (C=O) groups excluding carboxylic acids is 1. The predicted molar refractivity (Wildman–Crippen MR) is 96.4 cm³/mol. The summed E-state index contributed by atoms with van der Waals surface area (Å²) in [5, 5.41) is 6.60. The van der Waals surface area contributed by atoms with Crippen molar-refractivity contribution in [3.05, 3.63) is 82.8 Å². The smallest absolute Gasteiger partial charge is 0.271 e. The summed E-state index contributed by atoms with van der Waals surface area (Å²) < 4.78 is 11.8. The van der Waals surface area contributed by atoms with Gasteiger partial charge in [-0.05, 0) is 24.3 Å². The third-order valence-corrected chi connectivity index (χ3v) is 3.48. The van der Waals surface area contributed by atoms with Gasteiger partial charge in [0.1, 0.15) is 18.2 Å². The fraction of sp³-hybridized carbons (Fsp3) is 0.105. The van der Waals surface area contributed by atoms with Crippen molar-refractivity contribution in [2.24, 2.45) is 0 Å². The molecule has 0 fully saturated rings. The molecule has 0 aliphatic rings. The number of carbonyl (C=O) groups is 1. The molecule has 0 spiro atoms. The monoisotopic (exact) mass is 351 g/mol. The van der Waals surface area contributed by atoms with Crippen LogP contribution in [-0.4, -0.2) is 22.8 Å². The molecule has 0 saturated carbocycles. The van der Waals surface area contributed by atoms with Crippen LogP contribution in [0.15, 0.2) is 71.7 Å². The Labute approximate surface area is 149 Å². The number of anilines is 1. The first-order chi connectivity index (χ1) is 12.7. The Morgan fingerprint density at radius 2 is 1.85 bits per heavy atom. The third-order valence-electron chi connectivity index (χ3n) is 3.48. The molecule has 1 N–H and O–H groups in total. The molecule has 7 nitrogen and oxygen atoms in total. The number of rotatable bonds is 6. The second-order valence-electron chi connectivity index (χ2n) is 5.37. The molecule has 1 heterocycles. The highest BCUT2D eigenvalue weighted by atomic mass is 16.5. The van der Waals surface area contributed by atoms with E-state index in [1.807, 2.05) is 18.2 Å². The van der Waals surface area contributed by atoms with E-state index in [0.717, 1.165) is 4.68 Å². The number of para-hydroxylation sites is 2. The van der Waals surface area contributed by atoms with E-state index < -0.39 is 5.91 Å². The van der Waals surface area contributed by atoms with Crippen LogP contribution in [0.1, 0.15) is 10.4 Å². The minimum absolute atomic E-state index is 0.0425. The van der Waals surface area contributed by atoms with Gasteiger partial charge in [0.2, 0.25) is 0 Å². The highest BCUT2D eigenvalue weighted by Gasteiger charge is 2.14. The number of ether oxygens (including phenoxy) is 2. The van der Waals surface area contributed by atoms with E-state index >= 15 is 0 Å². The molecule has 2 aromatic carbocycles. The average Bonchev–Trinajstić information content (AvgIpc) is 2.65. The zero-order valence-electron chi connectivity index (χ0n) is 14.1. The normalized spacial score (nSPS) is 10.3. The van der Waals surface area contributed by atoms with Gasteiger partial charge in [0.25, 0.3) is 11.5 Å². The van der Waals surface area contributed by atoms with E-state index in [-0.39, 0.29) is 12.3 Å². The largest absolute Gasteiger partial charge is 0.457 e. The Morgan fingerprint density at radius 3 is 2.58 bits per heavy atom. The molecule has 0 radical (unpaired) electrons. The van der Waals surface area contributed by atoms with Crippen molar-refractivity contribution < 1.29 is 14.3 Å². The Morgan fingerprint density at radius 1 is 1.12 bits per heavy atom. The fourth-order valence-electron chi connectivity index (χ4n) is 2.28. The Bertz CT molecular complexity index is 954. The van der Waals surface area contributed by atoms with Gasteiger partial charge in [-0.25, -0.2) is 4.68 Å². The van der Waals surface area contributed by atoms with Crippen LogP contribution in [0.3, 0.4) is 0 Å². The summed E-state index contributed by atoms with van der Waals surface area (Å²) in [6.07, 6.45) is 1.39. The standard InChI is InChI=1S/C19H17N3O4/c1-25-13-22-18(23)11-14(12-20-22)21-19(24)16-9-5-6-10-17(16)26-15-7-3-2-4-8-15/h2-12H,13H2,1H3,(H,21,24). The van der Waals surface area contributed by atoms with E-state index in [4.69, 9.17) is 9.47 Å². The summed E-state index contributed by atoms with van der Waals surface area (Å²) in [6.45, 7) is 0.0425. The Hall–Kier alpha value is -3.45. The molecule has 3 rings (SSSR count). The molecule has 1 aromatic heterocycles. The highest BCUT2D eigenvalue weighted by molar-refractivity contribution is 6.06. The van der Waals surface area contributed by atoms with Gasteiger partial charge in [-0.2, -0.15) is 5.10 Å². The molecule has 0 unspecified atom stereocenters. The number of benzene rings is 2. The van der Waals surface area contributed by atoms with E-state index in [0.29, 0.717) is 22.7 Å². The molecule has 132 valence electrons. The van der Waals surface area contributed by atoms with E-state index in [2.05, 4.69) is 10.4 Å². The predicted octanol–water partition coefficient (Wildman–Crippen LogP) is 2.89. The Balaban J connectivity index is 1.80. The molecular weight excluding hydrogens is 334 g/mol. The number of methoxy groups -OCH3 is 1. The number of aromatic nitrogens is 2. The maximum atomic E-state index is 12.6. The zero-order valence-corrected chi connectivity index (χ0v) is 14.1. The minimum Gasteiger partial charge on any atom is -0.457 e. The summed E-state index contributed by atoms with van der Waals surface area (Å²) in [5.41, 5.74) is 0.262. The second-order valence-corrected chi connectivity index (χ2v) is 5.37. The molecule has 0 bridgehead atoms. The van der Waals surface area contributed by atoms with Crippen LogP contribution in [0.4, 0.5) is 5.69 Å². The van der Waals surface area contributed by atoms with Gasteiger partial charge in [-0.3, -0.25) is 9.59 Å². The van der Waals surface area contributed by atoms with E-state index in [9.17, 15) is 9.59 Å². The quantitative estimate of drug-likeness (QED) is 0.738. The third kappa shape index (κ3) is 4.14. The maximum absolute atomic E-state index is 12.6. The minimum atomic E-state index is -0.401. The van der Waals surface area contributed by atoms with Crippen molar-refractivity contribution in [2.75, 3.05) is 12.4 Å². The molecule has 0 atom stereocenters. The summed E-state index contributed by atoms with van der Waals surface area (Å²) in [7, 11) is 1.47. The number of hydrogen-bond acceptors (Lipinski definition) is 5. The summed E-state index contributed by atoms with van der Waals surface area (Å²) >= 11 is 0. The number of hydrogen-bond donors (Lipinski definition) is 1. The average molecular weight is 351 g/mol. The zero-order chi connectivity index (χ0) is 18.4. The lowest BCUT2D eigenvalue weighted by atomic mass is 10.2. The molecular formula is C19H17N3O4. The van der Waals surface area contributed by atoms with Gasteiger partial charge in [-0.1, -0.05) is 30.3 Å². The van der Waals surface area contributed by atoms with E-state index in [1.54, 1.807) is 36.4 Å². The van der Waals surface area contributed by atoms with Gasteiger partial charge >= 0.3 is 0 Å². The topological polar surface area (TPSA) is 82.4 Å². The van der Waals surface area contributed by atoms with Crippen LogP contribution in [0, 0.1) is 0 Å². The highest BCUT2D eigenvalue weighted by Crippen LogP contribution is 2.25. The van der Waals surface area contributed by atoms with Crippen LogP contribution in [0.2, 0.25) is 0 Å². The molecule has 0 saturated heterocycles. The van der Waals surface area contributed by atoms with Crippen molar-refractivity contribution in [3.63, 3.8) is 0 Å². The summed E-state index contributed by atoms with van der Waals surface area (Å²) in [5.74, 6) is 0.635. The van der Waals surface area contributed by atoms with Crippen molar-refractivity contribution >= 4 is 11.6 Å². The second kappa shape index (κ2) is 8.09. The van der Waals surface area contributed by atoms with E-state index in [1.165, 1.54) is 19.4 Å². The lowest BCUT2D eigenvalue weighted by Gasteiger charge is -2.11. The van der Waals surface area contributed by atoms with Gasteiger partial charge in [-0.15, -0.1) is 0 Å². The summed E-state index contributed by atoms with van der Waals surface area (Å²) in [4.78, 5) is 24.5. The molecule has 1 amide bonds. The number of amides is 1. The van der Waals surface area contributed by atoms with Gasteiger partial charge in [0.05, 0.1) is 17.4 Å². The van der Waals surface area contributed by atoms with Crippen LogP contribution < -0.4 is 15.6 Å². The Kier molecular flexibility index (Phi) is 5.40. The molecule has 26 heavy (non-hydrogen) atoms. The lowest BCUT2D eigenvalue weighted by molar-refractivity contribution is 0.102. The summed E-state index contributed by atoms with van der Waals surface area (Å²) in [6, 6.07) is 17.3. The lowest BCUT2D eigenvalue weighted by Crippen LogP contribution is -2.24. The molecule has 0 aliphatic heterocycles. The fourth-order valence-corrected chi connectivity index (χ4v) is 2.28. The number of nitrogens with one attached hydrogen (secondary N) is 1. The van der Waals surface area contributed by atoms with Gasteiger partial charge < -0.3 is 14.8 Å². The van der Waals surface area contributed by atoms with Crippen molar-refractivity contribution in [2.45, 2.75) is 6.73 Å². The first kappa shape index (κ1) is 17.4. The molecule has 3 aromatic rings. The number of nitrogens with zero attached hydrogens (tertiary/aromatic N) is 2. The van der Waals surface area contributed by atoms with Crippen molar-refractivity contribution in [1.82, 2.24) is 9.78 Å². The SMILES string of the molecule is COCn1ncc(NC(=O)c2ccccc2Oc2ccccc2)cc1=O. The van der Waals surface area contributed by atoms with Crippen LogP contribution in [-0.2, 0) is 11.5 Å². The van der Waals surface area contributed by atoms with Crippen LogP contribution in [0.5, 0.6) is 11.5 Å². The van der Waals surface area contributed by atoms with Crippen LogP contribution >= 0.6 is 0 Å².